The van der Waals surface area contributed by atoms with Crippen LogP contribution in [0.4, 0.5) is 0 Å². The maximum atomic E-state index is 11.5. The number of benzene rings is 1. The van der Waals surface area contributed by atoms with E-state index in [9.17, 15) is 9.90 Å². The van der Waals surface area contributed by atoms with E-state index in [1.165, 1.54) is 16.7 Å². The lowest BCUT2D eigenvalue weighted by molar-refractivity contribution is -0.133. The van der Waals surface area contributed by atoms with Gasteiger partial charge in [0.05, 0.1) is 0 Å². The molecule has 0 spiro atoms. The Morgan fingerprint density at radius 2 is 2.05 bits per heavy atom. The van der Waals surface area contributed by atoms with Gasteiger partial charge in [0.2, 0.25) is 0 Å². The van der Waals surface area contributed by atoms with Gasteiger partial charge in [0.15, 0.2) is 0 Å². The van der Waals surface area contributed by atoms with Crippen molar-refractivity contribution in [3.05, 3.63) is 46.0 Å². The Labute approximate surface area is 133 Å². The van der Waals surface area contributed by atoms with Crippen molar-refractivity contribution < 1.29 is 9.90 Å². The van der Waals surface area contributed by atoms with Crippen LogP contribution in [0.5, 0.6) is 0 Å². The van der Waals surface area contributed by atoms with Crippen LogP contribution in [0.25, 0.3) is 0 Å². The Morgan fingerprint density at radius 1 is 1.32 bits per heavy atom. The quantitative estimate of drug-likeness (QED) is 0.849. The summed E-state index contributed by atoms with van der Waals surface area (Å²) in [5.41, 5.74) is 6.22. The lowest BCUT2D eigenvalue weighted by Crippen LogP contribution is -2.41. The molecule has 22 heavy (non-hydrogen) atoms. The van der Waals surface area contributed by atoms with E-state index in [0.717, 1.165) is 24.8 Å². The molecule has 2 atom stereocenters. The first kappa shape index (κ1) is 15.3. The summed E-state index contributed by atoms with van der Waals surface area (Å²) in [7, 11) is 0. The predicted molar refractivity (Wildman–Crippen MR) is 89.3 cm³/mol. The molecule has 0 aromatic heterocycles. The Balaban J connectivity index is 2.07. The second kappa shape index (κ2) is 5.26. The first-order chi connectivity index (χ1) is 10.3. The Hall–Kier alpha value is -1.57. The van der Waals surface area contributed by atoms with Crippen molar-refractivity contribution in [1.82, 2.24) is 0 Å². The summed E-state index contributed by atoms with van der Waals surface area (Å²) in [5, 5.41) is 9.42. The van der Waals surface area contributed by atoms with E-state index in [-0.39, 0.29) is 5.41 Å². The van der Waals surface area contributed by atoms with Gasteiger partial charge in [-0.15, -0.1) is 0 Å². The largest absolute Gasteiger partial charge is 0.478 e. The fourth-order valence-electron chi connectivity index (χ4n) is 4.61. The SMILES string of the molecule is CC1=C(C(=O)O)CCC2(C)c3ccc(C(C)C)cc3CCC12. The van der Waals surface area contributed by atoms with Crippen LogP contribution in [0.3, 0.4) is 0 Å². The Bertz CT molecular complexity index is 654. The molecular formula is C20H26O2. The van der Waals surface area contributed by atoms with Crippen molar-refractivity contribution in [3.8, 4) is 0 Å². The summed E-state index contributed by atoms with van der Waals surface area (Å²) < 4.78 is 0. The summed E-state index contributed by atoms with van der Waals surface area (Å²) in [6.45, 7) is 8.86. The number of fused-ring (bicyclic) bond motifs is 3. The summed E-state index contributed by atoms with van der Waals surface area (Å²) >= 11 is 0. The fourth-order valence-corrected chi connectivity index (χ4v) is 4.61. The van der Waals surface area contributed by atoms with Gasteiger partial charge in [0.1, 0.15) is 0 Å². The maximum Gasteiger partial charge on any atom is 0.331 e. The average molecular weight is 298 g/mol. The molecule has 0 saturated carbocycles. The molecule has 2 nitrogen and oxygen atoms in total. The van der Waals surface area contributed by atoms with Gasteiger partial charge in [0, 0.05) is 5.57 Å². The van der Waals surface area contributed by atoms with Crippen LogP contribution >= 0.6 is 0 Å². The second-order valence-electron chi connectivity index (χ2n) is 7.55. The highest BCUT2D eigenvalue weighted by molar-refractivity contribution is 5.88. The first-order valence-electron chi connectivity index (χ1n) is 8.41. The van der Waals surface area contributed by atoms with Crippen molar-refractivity contribution >= 4 is 5.97 Å². The van der Waals surface area contributed by atoms with Crippen molar-refractivity contribution in [2.45, 2.75) is 64.7 Å². The zero-order chi connectivity index (χ0) is 16.1. The van der Waals surface area contributed by atoms with Gasteiger partial charge in [-0.1, -0.05) is 44.5 Å². The van der Waals surface area contributed by atoms with E-state index < -0.39 is 5.97 Å². The molecule has 2 aliphatic carbocycles. The third-order valence-corrected chi connectivity index (χ3v) is 6.03. The van der Waals surface area contributed by atoms with E-state index in [4.69, 9.17) is 0 Å². The lowest BCUT2D eigenvalue weighted by Gasteiger charge is -2.47. The number of carboxylic acid groups (broad SMARTS) is 1. The smallest absolute Gasteiger partial charge is 0.331 e. The zero-order valence-corrected chi connectivity index (χ0v) is 14.1. The number of aryl methyl sites for hydroxylation is 1. The monoisotopic (exact) mass is 298 g/mol. The minimum Gasteiger partial charge on any atom is -0.478 e. The number of allylic oxidation sites excluding steroid dienone is 1. The van der Waals surface area contributed by atoms with Gasteiger partial charge in [-0.05, 0) is 66.5 Å². The normalized spacial score (nSPS) is 27.6. The van der Waals surface area contributed by atoms with Crippen LogP contribution in [0, 0.1) is 5.92 Å². The highest BCUT2D eigenvalue weighted by Crippen LogP contribution is 2.52. The van der Waals surface area contributed by atoms with E-state index >= 15 is 0 Å². The number of hydrogen-bond donors (Lipinski definition) is 1. The molecule has 2 aliphatic rings. The lowest BCUT2D eigenvalue weighted by atomic mass is 9.56. The molecule has 1 N–H and O–H groups in total. The van der Waals surface area contributed by atoms with Gasteiger partial charge in [-0.2, -0.15) is 0 Å². The highest BCUT2D eigenvalue weighted by atomic mass is 16.4. The van der Waals surface area contributed by atoms with Crippen molar-refractivity contribution in [2.75, 3.05) is 0 Å². The minimum absolute atomic E-state index is 0.103. The topological polar surface area (TPSA) is 37.3 Å². The first-order valence-corrected chi connectivity index (χ1v) is 8.41. The molecule has 0 saturated heterocycles. The molecule has 0 aliphatic heterocycles. The fraction of sp³-hybridized carbons (Fsp3) is 0.550. The average Bonchev–Trinajstić information content (AvgIpc) is 2.46. The molecule has 1 aromatic carbocycles. The Morgan fingerprint density at radius 3 is 2.68 bits per heavy atom. The van der Waals surface area contributed by atoms with Gasteiger partial charge in [-0.3, -0.25) is 0 Å². The van der Waals surface area contributed by atoms with E-state index in [1.807, 2.05) is 6.92 Å². The number of hydrogen-bond acceptors (Lipinski definition) is 1. The third kappa shape index (κ3) is 2.20. The maximum absolute atomic E-state index is 11.5. The molecule has 0 heterocycles. The number of aliphatic carboxylic acids is 1. The Kier molecular flexibility index (Phi) is 3.66. The third-order valence-electron chi connectivity index (χ3n) is 6.03. The van der Waals surface area contributed by atoms with Crippen LogP contribution in [0.15, 0.2) is 29.3 Å². The second-order valence-corrected chi connectivity index (χ2v) is 7.55. The summed E-state index contributed by atoms with van der Waals surface area (Å²) in [6, 6.07) is 6.96. The number of carbonyl (C=O) groups is 1. The van der Waals surface area contributed by atoms with Crippen molar-refractivity contribution in [2.24, 2.45) is 5.92 Å². The minimum atomic E-state index is -0.722. The van der Waals surface area contributed by atoms with Crippen LogP contribution < -0.4 is 0 Å². The number of carboxylic acids is 1. The zero-order valence-electron chi connectivity index (χ0n) is 14.1. The molecule has 118 valence electrons. The summed E-state index contributed by atoms with van der Waals surface area (Å²) in [4.78, 5) is 11.5. The molecule has 0 radical (unpaired) electrons. The van der Waals surface area contributed by atoms with Gasteiger partial charge < -0.3 is 5.11 Å². The predicted octanol–water partition coefficient (Wildman–Crippen LogP) is 4.83. The molecule has 2 unspecified atom stereocenters. The van der Waals surface area contributed by atoms with E-state index in [0.29, 0.717) is 23.8 Å². The van der Waals surface area contributed by atoms with Crippen LogP contribution in [0.2, 0.25) is 0 Å². The van der Waals surface area contributed by atoms with Gasteiger partial charge >= 0.3 is 5.97 Å². The van der Waals surface area contributed by atoms with Gasteiger partial charge in [-0.25, -0.2) is 4.79 Å². The van der Waals surface area contributed by atoms with E-state index in [1.54, 1.807) is 0 Å². The van der Waals surface area contributed by atoms with Crippen LogP contribution in [-0.2, 0) is 16.6 Å². The molecule has 0 bridgehead atoms. The van der Waals surface area contributed by atoms with E-state index in [2.05, 4.69) is 39.0 Å². The molecule has 2 heteroatoms. The summed E-state index contributed by atoms with van der Waals surface area (Å²) in [6.07, 6.45) is 3.79. The van der Waals surface area contributed by atoms with Crippen molar-refractivity contribution in [3.63, 3.8) is 0 Å². The standard InChI is InChI=1S/C20H26O2/c1-12(2)14-5-8-18-15(11-14)6-7-17-13(3)16(19(21)22)9-10-20(17,18)4/h5,8,11-12,17H,6-7,9-10H2,1-4H3,(H,21,22). The molecule has 1 aromatic rings. The summed E-state index contributed by atoms with van der Waals surface area (Å²) in [5.74, 6) is 0.215. The molecule has 3 rings (SSSR count). The molecule has 0 amide bonds. The molecule has 0 fully saturated rings. The van der Waals surface area contributed by atoms with Gasteiger partial charge in [0.25, 0.3) is 0 Å². The van der Waals surface area contributed by atoms with Crippen molar-refractivity contribution in [1.29, 1.82) is 0 Å². The van der Waals surface area contributed by atoms with Crippen LogP contribution in [-0.4, -0.2) is 11.1 Å². The number of rotatable bonds is 2. The van der Waals surface area contributed by atoms with Crippen LogP contribution in [0.1, 0.15) is 69.6 Å². The molecular weight excluding hydrogens is 272 g/mol. The highest BCUT2D eigenvalue weighted by Gasteiger charge is 2.44.